The summed E-state index contributed by atoms with van der Waals surface area (Å²) < 4.78 is 11.5. The third-order valence-electron chi connectivity index (χ3n) is 29.4. The van der Waals surface area contributed by atoms with Crippen LogP contribution in [-0.4, -0.2) is 57.7 Å². The van der Waals surface area contributed by atoms with Crippen LogP contribution < -0.4 is 0 Å². The molecule has 0 aliphatic heterocycles. The van der Waals surface area contributed by atoms with Crippen LogP contribution in [0.4, 0.5) is 0 Å². The minimum absolute atomic E-state index is 0.583. The van der Waals surface area contributed by atoms with E-state index in [1.165, 1.54) is 126 Å². The van der Waals surface area contributed by atoms with Crippen molar-refractivity contribution in [3.63, 3.8) is 0 Å². The van der Waals surface area contributed by atoms with Crippen LogP contribution in [0.1, 0.15) is 0 Å². The molecule has 8 aromatic heterocycles. The van der Waals surface area contributed by atoms with Crippen LogP contribution in [0.15, 0.2) is 510 Å². The fraction of sp³-hybridized carbons (Fsp3) is 0. The predicted molar refractivity (Wildman–Crippen MR) is 608 cm³/mol. The molecule has 30 aromatic rings. The third-order valence-corrected chi connectivity index (χ3v) is 29.4. The first-order valence-electron chi connectivity index (χ1n) is 49.8. The number of aromatic nitrogens is 12. The maximum Gasteiger partial charge on any atom is 0.238 e. The molecule has 0 N–H and O–H groups in total. The first-order valence-corrected chi connectivity index (χ1v) is 49.8. The van der Waals surface area contributed by atoms with Crippen LogP contribution >= 0.6 is 0 Å². The van der Waals surface area contributed by atoms with Gasteiger partial charge in [-0.2, -0.15) is 9.97 Å². The zero-order valence-electron chi connectivity index (χ0n) is 79.4. The van der Waals surface area contributed by atoms with E-state index in [0.29, 0.717) is 29.5 Å². The summed E-state index contributed by atoms with van der Waals surface area (Å²) in [5.41, 5.74) is 33.1. The minimum Gasteiger partial charge on any atom is -0.309 e. The fourth-order valence-corrected chi connectivity index (χ4v) is 23.0. The Morgan fingerprint density at radius 2 is 0.429 bits per heavy atom. The van der Waals surface area contributed by atoms with Crippen LogP contribution in [0.2, 0.25) is 0 Å². The second kappa shape index (κ2) is 34.5. The number of nitrogens with zero attached hydrogens (tertiary/aromatic N) is 12. The summed E-state index contributed by atoms with van der Waals surface area (Å²) in [5, 5.41) is 19.0. The van der Waals surface area contributed by atoms with Gasteiger partial charge in [0.1, 0.15) is 0 Å². The molecule has 147 heavy (non-hydrogen) atoms. The topological polar surface area (TPSA) is 115 Å². The number of hydrogen-bond donors (Lipinski definition) is 0. The van der Waals surface area contributed by atoms with E-state index in [9.17, 15) is 0 Å². The summed E-state index contributed by atoms with van der Waals surface area (Å²) in [6.45, 7) is 0. The first kappa shape index (κ1) is 84.0. The lowest BCUT2D eigenvalue weighted by Gasteiger charge is -2.15. The van der Waals surface area contributed by atoms with E-state index in [1.54, 1.807) is 0 Å². The Labute approximate surface area is 843 Å². The lowest BCUT2D eigenvalue weighted by atomic mass is 9.93. The molecule has 0 saturated heterocycles. The zero-order chi connectivity index (χ0) is 96.7. The van der Waals surface area contributed by atoms with Crippen LogP contribution in [0.3, 0.4) is 0 Å². The standard InChI is InChI=1S/C46H27N3.C45H29N5.C44H28N4/c1-2-12-28(13-3-1)38-27-31(26-30-14-4-5-17-32(30)38)45-37-18-6-7-23-39(37)47-46(48-45)49-40-24-10-21-35-33-19-8-15-29-16-9-20-34(42(29)33)36-22-11-25-41(49)44(36)43(35)40;1-4-14-30(15-5-1)31-26-28-34(29-27-31)49-37-22-11-10-20-35(37)36-21-12-23-38-41(36)42-39(49)24-13-25-40(42)50(38)45-47-43(32-16-6-2-7-17-32)46-44(48-45)33-18-8-3-9-19-33;1-3-13-29(14-4-1)30-25-27-32(28-26-30)47-37-21-10-8-17-33(37)34-19-11-22-38-41(34)42-39(47)23-12-24-40(42)48(38)44-45-36-20-9-7-18-35(36)43(46-44)31-15-5-2-6-16-31/h1-27H;1-29H;1-28H. The summed E-state index contributed by atoms with van der Waals surface area (Å²) >= 11 is 0. The van der Waals surface area contributed by atoms with Gasteiger partial charge in [0.2, 0.25) is 17.8 Å². The normalized spacial score (nSPS) is 11.8. The molecule has 0 spiro atoms. The molecule has 0 bridgehead atoms. The Hall–Kier alpha value is -20.0. The van der Waals surface area contributed by atoms with Gasteiger partial charge in [-0.1, -0.05) is 400 Å². The van der Waals surface area contributed by atoms with Crippen molar-refractivity contribution in [3.05, 3.63) is 510 Å². The van der Waals surface area contributed by atoms with Gasteiger partial charge < -0.3 is 9.13 Å². The SMILES string of the molecule is c1ccc(-c2cc(-c3nc(-n4c5cccc6c5c5c(cccc54)-c4cccc5cccc-6c45)nc4ccccc34)cc3ccccc23)cc1.c1ccc(-c2ccc(-n3c4ccccc4c4cccc5c4c4c3cccc4n5-c3nc(-c4ccccc4)c4ccccc4n3)cc2)cc1.c1ccc(-c2ccc(-n3c4ccccc4c4cccc5c4c4c3cccc4n5-c3nc(-c4ccccc4)nc(-c4ccccc4)n3)cc2)cc1. The van der Waals surface area contributed by atoms with Gasteiger partial charge >= 0.3 is 0 Å². The van der Waals surface area contributed by atoms with Crippen molar-refractivity contribution in [1.29, 1.82) is 0 Å². The molecular weight excluding hydrogens is 1790 g/mol. The van der Waals surface area contributed by atoms with Crippen LogP contribution in [-0.2, 0) is 0 Å². The lowest BCUT2D eigenvalue weighted by molar-refractivity contribution is 0.953. The average molecular weight is 1870 g/mol. The molecule has 1 aliphatic rings. The maximum atomic E-state index is 5.49. The number of para-hydroxylation sites is 4. The molecule has 0 fully saturated rings. The van der Waals surface area contributed by atoms with E-state index < -0.39 is 0 Å². The van der Waals surface area contributed by atoms with Crippen LogP contribution in [0.5, 0.6) is 0 Å². The minimum atomic E-state index is 0.583. The van der Waals surface area contributed by atoms with E-state index >= 15 is 0 Å². The molecule has 0 atom stereocenters. The molecule has 0 amide bonds. The van der Waals surface area contributed by atoms with Gasteiger partial charge in [-0.25, -0.2) is 24.9 Å². The predicted octanol–water partition coefficient (Wildman–Crippen LogP) is 34.2. The van der Waals surface area contributed by atoms with Crippen LogP contribution in [0.25, 0.3) is 283 Å². The summed E-state index contributed by atoms with van der Waals surface area (Å²) in [4.78, 5) is 36.6. The molecule has 12 nitrogen and oxygen atoms in total. The molecule has 684 valence electrons. The van der Waals surface area contributed by atoms with Crippen LogP contribution in [0, 0.1) is 0 Å². The monoisotopic (exact) mass is 1870 g/mol. The second-order valence-corrected chi connectivity index (χ2v) is 37.7. The van der Waals surface area contributed by atoms with Gasteiger partial charge in [-0.3, -0.25) is 13.7 Å². The quantitative estimate of drug-likeness (QED) is 0.120. The van der Waals surface area contributed by atoms with Crippen molar-refractivity contribution in [2.24, 2.45) is 0 Å². The van der Waals surface area contributed by atoms with E-state index in [0.717, 1.165) is 127 Å². The Balaban J connectivity index is 0.000000104. The van der Waals surface area contributed by atoms with Crippen molar-refractivity contribution in [3.8, 4) is 130 Å². The van der Waals surface area contributed by atoms with E-state index in [1.807, 2.05) is 72.8 Å². The van der Waals surface area contributed by atoms with E-state index in [-0.39, 0.29) is 0 Å². The highest BCUT2D eigenvalue weighted by molar-refractivity contribution is 6.31. The zero-order valence-corrected chi connectivity index (χ0v) is 79.4. The molecule has 8 heterocycles. The molecule has 0 unspecified atom stereocenters. The van der Waals surface area contributed by atoms with Gasteiger partial charge in [-0.15, -0.1) is 0 Å². The average Bonchev–Trinajstić information content (AvgIpc) is 1.55. The smallest absolute Gasteiger partial charge is 0.238 e. The fourth-order valence-electron chi connectivity index (χ4n) is 23.0. The maximum absolute atomic E-state index is 5.49. The van der Waals surface area contributed by atoms with Crippen molar-refractivity contribution < 1.29 is 0 Å². The number of hydrogen-bond acceptors (Lipinski definition) is 7. The van der Waals surface area contributed by atoms with Gasteiger partial charge in [0.15, 0.2) is 11.6 Å². The Morgan fingerprint density at radius 1 is 0.136 bits per heavy atom. The van der Waals surface area contributed by atoms with Crippen molar-refractivity contribution in [2.75, 3.05) is 0 Å². The highest BCUT2D eigenvalue weighted by Gasteiger charge is 2.30. The Kier molecular flexibility index (Phi) is 19.7. The summed E-state index contributed by atoms with van der Waals surface area (Å²) in [6, 6.07) is 181. The molecule has 12 heteroatoms. The van der Waals surface area contributed by atoms with Gasteiger partial charge in [0.25, 0.3) is 0 Å². The van der Waals surface area contributed by atoms with Crippen molar-refractivity contribution in [2.45, 2.75) is 0 Å². The lowest BCUT2D eigenvalue weighted by Crippen LogP contribution is -2.06. The largest absolute Gasteiger partial charge is 0.309 e. The van der Waals surface area contributed by atoms with Crippen molar-refractivity contribution in [1.82, 2.24) is 57.7 Å². The molecule has 0 radical (unpaired) electrons. The second-order valence-electron chi connectivity index (χ2n) is 37.7. The molecule has 22 aromatic carbocycles. The molecular formula is C135H84N12. The first-order chi connectivity index (χ1) is 73.0. The summed E-state index contributed by atoms with van der Waals surface area (Å²) in [5.74, 6) is 3.18. The number of fused-ring (bicyclic) bond motifs is 9. The van der Waals surface area contributed by atoms with E-state index in [4.69, 9.17) is 34.9 Å². The van der Waals surface area contributed by atoms with Gasteiger partial charge in [0.05, 0.1) is 77.6 Å². The van der Waals surface area contributed by atoms with Gasteiger partial charge in [0, 0.05) is 87.5 Å². The highest BCUT2D eigenvalue weighted by Crippen LogP contribution is 2.52. The van der Waals surface area contributed by atoms with Gasteiger partial charge in [-0.05, 0) is 197 Å². The molecule has 31 rings (SSSR count). The van der Waals surface area contributed by atoms with Crippen molar-refractivity contribution >= 4 is 152 Å². The summed E-state index contributed by atoms with van der Waals surface area (Å²) in [7, 11) is 0. The highest BCUT2D eigenvalue weighted by atomic mass is 15.2. The Morgan fingerprint density at radius 3 is 0.871 bits per heavy atom. The molecule has 1 aliphatic carbocycles. The molecule has 0 saturated carbocycles. The Bertz CT molecular complexity index is 10400. The van der Waals surface area contributed by atoms with E-state index in [2.05, 4.69) is 460 Å². The third kappa shape index (κ3) is 13.8. The summed E-state index contributed by atoms with van der Waals surface area (Å²) in [6.07, 6.45) is 0. The number of benzene rings is 22. The number of rotatable bonds is 12.